The van der Waals surface area contributed by atoms with E-state index in [4.69, 9.17) is 9.47 Å². The normalized spacial score (nSPS) is 25.2. The highest BCUT2D eigenvalue weighted by molar-refractivity contribution is 5.65. The van der Waals surface area contributed by atoms with Crippen LogP contribution in [0.1, 0.15) is 82.8 Å². The van der Waals surface area contributed by atoms with Crippen molar-refractivity contribution in [1.29, 1.82) is 0 Å². The Hall–Kier alpha value is -1.59. The number of benzene rings is 1. The van der Waals surface area contributed by atoms with Crippen LogP contribution < -0.4 is 10.1 Å². The van der Waals surface area contributed by atoms with E-state index in [1.807, 2.05) is 0 Å². The average Bonchev–Trinajstić information content (AvgIpc) is 2.73. The predicted molar refractivity (Wildman–Crippen MR) is 119 cm³/mol. The molecule has 3 unspecified atom stereocenters. The molecule has 30 heavy (non-hydrogen) atoms. The number of aryl methyl sites for hydroxylation is 1. The third-order valence-corrected chi connectivity index (χ3v) is 6.71. The summed E-state index contributed by atoms with van der Waals surface area (Å²) in [6.07, 6.45) is 11.5. The highest BCUT2D eigenvalue weighted by Gasteiger charge is 2.48. The number of carbonyl (C=O) groups is 1. The third-order valence-electron chi connectivity index (χ3n) is 6.71. The molecule has 0 bridgehead atoms. The fourth-order valence-electron chi connectivity index (χ4n) is 4.97. The summed E-state index contributed by atoms with van der Waals surface area (Å²) in [6.45, 7) is 5.25. The minimum atomic E-state index is -0.844. The summed E-state index contributed by atoms with van der Waals surface area (Å²) in [5.74, 6) is 0.744. The van der Waals surface area contributed by atoms with Gasteiger partial charge in [0.15, 0.2) is 0 Å². The molecule has 1 aliphatic heterocycles. The predicted octanol–water partition coefficient (Wildman–Crippen LogP) is 4.49. The molecule has 0 aromatic heterocycles. The van der Waals surface area contributed by atoms with Crippen LogP contribution in [0.3, 0.4) is 0 Å². The van der Waals surface area contributed by atoms with E-state index >= 15 is 0 Å². The molecule has 0 spiro atoms. The highest BCUT2D eigenvalue weighted by Crippen LogP contribution is 2.48. The Kier molecular flexibility index (Phi) is 8.58. The average molecular weight is 418 g/mol. The van der Waals surface area contributed by atoms with Crippen LogP contribution in [0.5, 0.6) is 5.75 Å². The van der Waals surface area contributed by atoms with Crippen LogP contribution >= 0.6 is 0 Å². The maximum Gasteiger partial charge on any atom is 0.302 e. The Bertz CT molecular complexity index is 692. The maximum atomic E-state index is 11.6. The fourth-order valence-corrected chi connectivity index (χ4v) is 4.97. The SMILES string of the molecule is CCCCCCCCc1ccc2c(c1)OCC1CCC(NCCOC(C)=O)CC21O. The van der Waals surface area contributed by atoms with Crippen molar-refractivity contribution in [2.45, 2.75) is 89.7 Å². The Balaban J connectivity index is 1.56. The molecule has 0 radical (unpaired) electrons. The van der Waals surface area contributed by atoms with E-state index in [9.17, 15) is 9.90 Å². The van der Waals surface area contributed by atoms with Gasteiger partial charge in [-0.25, -0.2) is 0 Å². The van der Waals surface area contributed by atoms with Crippen LogP contribution in [-0.4, -0.2) is 36.9 Å². The standard InChI is InChI=1S/C25H39NO4/c1-3-4-5-6-7-8-9-20-10-13-23-24(16-20)30-18-21-11-12-22(17-25(21,23)28)26-14-15-29-19(2)27/h10,13,16,21-22,26,28H,3-9,11-12,14-15,17-18H2,1-2H3. The van der Waals surface area contributed by atoms with E-state index in [1.54, 1.807) is 0 Å². The summed E-state index contributed by atoms with van der Waals surface area (Å²) >= 11 is 0. The van der Waals surface area contributed by atoms with Crippen LogP contribution in [0.25, 0.3) is 0 Å². The summed E-state index contributed by atoms with van der Waals surface area (Å²) < 4.78 is 11.1. The molecule has 5 nitrogen and oxygen atoms in total. The topological polar surface area (TPSA) is 67.8 Å². The first kappa shape index (κ1) is 23.1. The fraction of sp³-hybridized carbons (Fsp3) is 0.720. The Morgan fingerprint density at radius 2 is 2.03 bits per heavy atom. The second-order valence-electron chi connectivity index (χ2n) is 9.05. The van der Waals surface area contributed by atoms with E-state index in [0.29, 0.717) is 26.2 Å². The van der Waals surface area contributed by atoms with E-state index < -0.39 is 5.60 Å². The monoisotopic (exact) mass is 417 g/mol. The highest BCUT2D eigenvalue weighted by atomic mass is 16.5. The first-order valence-corrected chi connectivity index (χ1v) is 11.9. The molecule has 2 N–H and O–H groups in total. The molecular formula is C25H39NO4. The largest absolute Gasteiger partial charge is 0.493 e. The lowest BCUT2D eigenvalue weighted by molar-refractivity contribution is -0.141. The van der Waals surface area contributed by atoms with Crippen LogP contribution in [0.15, 0.2) is 18.2 Å². The molecule has 1 saturated carbocycles. The number of esters is 1. The number of aliphatic hydroxyl groups is 1. The quantitative estimate of drug-likeness (QED) is 0.410. The van der Waals surface area contributed by atoms with Gasteiger partial charge in [-0.2, -0.15) is 0 Å². The Morgan fingerprint density at radius 3 is 2.83 bits per heavy atom. The molecule has 168 valence electrons. The summed E-state index contributed by atoms with van der Waals surface area (Å²) in [4.78, 5) is 10.9. The van der Waals surface area contributed by atoms with Crippen molar-refractivity contribution in [3.63, 3.8) is 0 Å². The van der Waals surface area contributed by atoms with Crippen molar-refractivity contribution in [2.75, 3.05) is 19.8 Å². The smallest absolute Gasteiger partial charge is 0.302 e. The van der Waals surface area contributed by atoms with E-state index in [-0.39, 0.29) is 17.9 Å². The lowest BCUT2D eigenvalue weighted by Crippen LogP contribution is -2.51. The lowest BCUT2D eigenvalue weighted by atomic mass is 9.68. The Morgan fingerprint density at radius 1 is 1.23 bits per heavy atom. The molecule has 1 aliphatic carbocycles. The van der Waals surface area contributed by atoms with Crippen molar-refractivity contribution in [2.24, 2.45) is 5.92 Å². The molecule has 3 atom stereocenters. The van der Waals surface area contributed by atoms with Gasteiger partial charge in [0.05, 0.1) is 6.61 Å². The second kappa shape index (κ2) is 11.1. The van der Waals surface area contributed by atoms with Gasteiger partial charge in [-0.1, -0.05) is 51.2 Å². The molecule has 2 aliphatic rings. The Labute approximate surface area is 181 Å². The van der Waals surface area contributed by atoms with Crippen molar-refractivity contribution in [3.8, 4) is 5.75 Å². The first-order valence-electron chi connectivity index (χ1n) is 11.9. The molecule has 3 rings (SSSR count). The zero-order chi connectivity index (χ0) is 21.4. The van der Waals surface area contributed by atoms with E-state index in [0.717, 1.165) is 30.6 Å². The van der Waals surface area contributed by atoms with Crippen molar-refractivity contribution in [3.05, 3.63) is 29.3 Å². The summed E-state index contributed by atoms with van der Waals surface area (Å²) in [5.41, 5.74) is 1.40. The van der Waals surface area contributed by atoms with Crippen molar-refractivity contribution in [1.82, 2.24) is 5.32 Å². The minimum absolute atomic E-state index is 0.140. The summed E-state index contributed by atoms with van der Waals surface area (Å²) in [7, 11) is 0. The van der Waals surface area contributed by atoms with Crippen LogP contribution in [0, 0.1) is 5.92 Å². The van der Waals surface area contributed by atoms with Crippen molar-refractivity contribution >= 4 is 5.97 Å². The number of hydrogen-bond acceptors (Lipinski definition) is 5. The minimum Gasteiger partial charge on any atom is -0.493 e. The van der Waals surface area contributed by atoms with Gasteiger partial charge in [0.25, 0.3) is 0 Å². The van der Waals surface area contributed by atoms with E-state index in [1.165, 1.54) is 51.0 Å². The summed E-state index contributed by atoms with van der Waals surface area (Å²) in [5, 5.41) is 15.1. The molecule has 5 heteroatoms. The van der Waals surface area contributed by atoms with Crippen LogP contribution in [-0.2, 0) is 21.6 Å². The number of unbranched alkanes of at least 4 members (excludes halogenated alkanes) is 5. The van der Waals surface area contributed by atoms with Crippen LogP contribution in [0.4, 0.5) is 0 Å². The van der Waals surface area contributed by atoms with Gasteiger partial charge in [-0.15, -0.1) is 0 Å². The molecule has 1 aromatic carbocycles. The first-order chi connectivity index (χ1) is 14.5. The van der Waals surface area contributed by atoms with Crippen LogP contribution in [0.2, 0.25) is 0 Å². The number of fused-ring (bicyclic) bond motifs is 3. The van der Waals surface area contributed by atoms with Gasteiger partial charge in [-0.05, 0) is 43.7 Å². The van der Waals surface area contributed by atoms with E-state index in [2.05, 4.69) is 30.4 Å². The second-order valence-corrected chi connectivity index (χ2v) is 9.05. The zero-order valence-corrected chi connectivity index (χ0v) is 18.8. The lowest BCUT2D eigenvalue weighted by Gasteiger charge is -2.47. The van der Waals surface area contributed by atoms with Gasteiger partial charge in [0.2, 0.25) is 0 Å². The summed E-state index contributed by atoms with van der Waals surface area (Å²) in [6, 6.07) is 6.63. The van der Waals surface area contributed by atoms with Crippen molar-refractivity contribution < 1.29 is 19.4 Å². The van der Waals surface area contributed by atoms with Gasteiger partial charge < -0.3 is 19.9 Å². The number of nitrogens with one attached hydrogen (secondary N) is 1. The molecule has 1 fully saturated rings. The number of carbonyl (C=O) groups excluding carboxylic acids is 1. The third kappa shape index (κ3) is 5.98. The van der Waals surface area contributed by atoms with Gasteiger partial charge in [0.1, 0.15) is 18.0 Å². The maximum absolute atomic E-state index is 11.6. The number of ether oxygens (including phenoxy) is 2. The van der Waals surface area contributed by atoms with Gasteiger partial charge in [-0.3, -0.25) is 4.79 Å². The zero-order valence-electron chi connectivity index (χ0n) is 18.8. The molecule has 0 amide bonds. The molecule has 1 aromatic rings. The number of rotatable bonds is 11. The molecule has 0 saturated heterocycles. The van der Waals surface area contributed by atoms with Gasteiger partial charge >= 0.3 is 5.97 Å². The molecular weight excluding hydrogens is 378 g/mol. The molecule has 1 heterocycles. The van der Waals surface area contributed by atoms with Gasteiger partial charge in [0, 0.05) is 31.0 Å². The number of hydrogen-bond donors (Lipinski definition) is 2.